The number of ether oxygens (including phenoxy) is 2. The second-order valence-electron chi connectivity index (χ2n) is 9.38. The van der Waals surface area contributed by atoms with Gasteiger partial charge < -0.3 is 19.7 Å². The van der Waals surface area contributed by atoms with Crippen LogP contribution in [0.25, 0.3) is 10.9 Å². The van der Waals surface area contributed by atoms with Crippen molar-refractivity contribution in [3.63, 3.8) is 0 Å². The smallest absolute Gasteiger partial charge is 0.318 e. The maximum Gasteiger partial charge on any atom is 0.318 e. The second-order valence-corrected chi connectivity index (χ2v) is 12.0. The third kappa shape index (κ3) is 5.48. The number of nitrogens with zero attached hydrogens (tertiary/aromatic N) is 6. The van der Waals surface area contributed by atoms with Gasteiger partial charge in [-0.25, -0.2) is 18.4 Å². The lowest BCUT2D eigenvalue weighted by Gasteiger charge is -2.27. The lowest BCUT2D eigenvalue weighted by molar-refractivity contribution is 0.122. The van der Waals surface area contributed by atoms with E-state index in [-0.39, 0.29) is 18.7 Å². The molecule has 3 aromatic rings. The van der Waals surface area contributed by atoms with E-state index in [0.29, 0.717) is 24.8 Å². The van der Waals surface area contributed by atoms with E-state index in [1.54, 1.807) is 26.1 Å². The highest BCUT2D eigenvalue weighted by molar-refractivity contribution is 7.92. The molecule has 1 fully saturated rings. The zero-order valence-electron chi connectivity index (χ0n) is 20.9. The number of fused-ring (bicyclic) bond motifs is 1. The van der Waals surface area contributed by atoms with Gasteiger partial charge in [-0.15, -0.1) is 0 Å². The van der Waals surface area contributed by atoms with Gasteiger partial charge in [0.1, 0.15) is 23.0 Å². The minimum atomic E-state index is -3.30. The number of anilines is 3. The molecule has 0 aromatic carbocycles. The van der Waals surface area contributed by atoms with Crippen LogP contribution >= 0.6 is 0 Å². The molecule has 12 heteroatoms. The van der Waals surface area contributed by atoms with Gasteiger partial charge in [0, 0.05) is 43.8 Å². The molecule has 11 nitrogen and oxygen atoms in total. The van der Waals surface area contributed by atoms with Gasteiger partial charge in [-0.2, -0.15) is 10.1 Å². The summed E-state index contributed by atoms with van der Waals surface area (Å²) >= 11 is 0. The van der Waals surface area contributed by atoms with Gasteiger partial charge in [-0.05, 0) is 33.3 Å². The molecule has 0 saturated carbocycles. The van der Waals surface area contributed by atoms with E-state index >= 15 is 0 Å². The van der Waals surface area contributed by atoms with Gasteiger partial charge in [0.15, 0.2) is 15.7 Å². The van der Waals surface area contributed by atoms with Crippen molar-refractivity contribution in [2.45, 2.75) is 44.9 Å². The van der Waals surface area contributed by atoms with Gasteiger partial charge in [-0.3, -0.25) is 4.68 Å². The topological polar surface area (TPSA) is 124 Å². The Labute approximate surface area is 205 Å². The summed E-state index contributed by atoms with van der Waals surface area (Å²) in [7, 11) is -3.30. The van der Waals surface area contributed by atoms with Crippen molar-refractivity contribution in [3.05, 3.63) is 24.5 Å². The van der Waals surface area contributed by atoms with E-state index in [1.807, 2.05) is 12.3 Å². The van der Waals surface area contributed by atoms with Crippen LogP contribution in [0.5, 0.6) is 6.01 Å². The number of rotatable bonds is 9. The Balaban J connectivity index is 1.58. The highest BCUT2D eigenvalue weighted by Gasteiger charge is 2.31. The van der Waals surface area contributed by atoms with E-state index in [2.05, 4.69) is 43.7 Å². The minimum absolute atomic E-state index is 0.0576. The second kappa shape index (κ2) is 9.94. The molecule has 1 N–H and O–H groups in total. The Kier molecular flexibility index (Phi) is 7.13. The average Bonchev–Trinajstić information content (AvgIpc) is 3.21. The van der Waals surface area contributed by atoms with Crippen molar-refractivity contribution in [1.29, 1.82) is 0 Å². The lowest BCUT2D eigenvalue weighted by atomic mass is 10.2. The molecule has 190 valence electrons. The van der Waals surface area contributed by atoms with E-state index in [4.69, 9.17) is 14.6 Å². The van der Waals surface area contributed by atoms with Crippen LogP contribution in [-0.4, -0.2) is 77.1 Å². The van der Waals surface area contributed by atoms with Gasteiger partial charge in [0.05, 0.1) is 24.1 Å². The van der Waals surface area contributed by atoms with Gasteiger partial charge in [0.25, 0.3) is 0 Å². The van der Waals surface area contributed by atoms with E-state index in [1.165, 1.54) is 6.26 Å². The quantitative estimate of drug-likeness (QED) is 0.466. The van der Waals surface area contributed by atoms with Crippen LogP contribution in [0.2, 0.25) is 0 Å². The zero-order chi connectivity index (χ0) is 25.2. The van der Waals surface area contributed by atoms with Gasteiger partial charge >= 0.3 is 6.01 Å². The number of aromatic nitrogens is 5. The molecular weight excluding hydrogens is 470 g/mol. The molecule has 4 rings (SSSR count). The van der Waals surface area contributed by atoms with Crippen LogP contribution in [0.1, 0.15) is 40.2 Å². The van der Waals surface area contributed by atoms with E-state index in [9.17, 15) is 8.42 Å². The summed E-state index contributed by atoms with van der Waals surface area (Å²) in [6.07, 6.45) is 5.52. The van der Waals surface area contributed by atoms with E-state index in [0.717, 1.165) is 36.2 Å². The number of hydrogen-bond donors (Lipinski definition) is 1. The molecule has 4 heterocycles. The van der Waals surface area contributed by atoms with Crippen LogP contribution in [0.15, 0.2) is 24.5 Å². The number of morpholine rings is 1. The van der Waals surface area contributed by atoms with Crippen LogP contribution in [0, 0.1) is 0 Å². The standard InChI is InChI=1S/C23H33N7O4S/c1-6-16(2)30-18-13-20(25-14-17(18)21(28-30)29-9-11-33-12-10-29)26-19-7-8-24-22(27-19)34-15-23(3,4)35(5,31)32/h7-8,13-14,16H,6,9-12,15H2,1-5H3,(H,24,25,26,27). The summed E-state index contributed by atoms with van der Waals surface area (Å²) in [6.45, 7) is 10.4. The fourth-order valence-corrected chi connectivity index (χ4v) is 3.83. The molecule has 0 aliphatic carbocycles. The average molecular weight is 504 g/mol. The first-order valence-electron chi connectivity index (χ1n) is 11.7. The highest BCUT2D eigenvalue weighted by atomic mass is 32.2. The third-order valence-corrected chi connectivity index (χ3v) is 8.46. The van der Waals surface area contributed by atoms with Crippen LogP contribution in [-0.2, 0) is 14.6 Å². The molecule has 0 bridgehead atoms. The van der Waals surface area contributed by atoms with E-state index < -0.39 is 14.6 Å². The van der Waals surface area contributed by atoms with Crippen molar-refractivity contribution in [2.24, 2.45) is 0 Å². The molecule has 35 heavy (non-hydrogen) atoms. The van der Waals surface area contributed by atoms with Crippen molar-refractivity contribution in [1.82, 2.24) is 24.7 Å². The molecule has 1 aliphatic rings. The fourth-order valence-electron chi connectivity index (χ4n) is 3.56. The molecular formula is C23H33N7O4S. The summed E-state index contributed by atoms with van der Waals surface area (Å²) in [5.74, 6) is 2.02. The Morgan fingerprint density at radius 2 is 1.97 bits per heavy atom. The van der Waals surface area contributed by atoms with Crippen LogP contribution in [0.3, 0.4) is 0 Å². The molecule has 0 radical (unpaired) electrons. The summed E-state index contributed by atoms with van der Waals surface area (Å²) in [5.41, 5.74) is 0.985. The molecule has 1 aliphatic heterocycles. The molecule has 3 aromatic heterocycles. The van der Waals surface area contributed by atoms with Crippen LogP contribution in [0.4, 0.5) is 17.5 Å². The SMILES string of the molecule is CCC(C)n1nc(N2CCOCC2)c2cnc(Nc3ccnc(OCC(C)(C)S(C)(=O)=O)n3)cc21. The van der Waals surface area contributed by atoms with Crippen LogP contribution < -0.4 is 15.0 Å². The monoisotopic (exact) mass is 503 g/mol. The Hall–Kier alpha value is -2.99. The minimum Gasteiger partial charge on any atom is -0.462 e. The normalized spacial score (nSPS) is 15.9. The fraction of sp³-hybridized carbons (Fsp3) is 0.565. The first-order chi connectivity index (χ1) is 16.6. The summed E-state index contributed by atoms with van der Waals surface area (Å²) in [4.78, 5) is 15.3. The first-order valence-corrected chi connectivity index (χ1v) is 13.6. The Bertz CT molecular complexity index is 1290. The predicted molar refractivity (Wildman–Crippen MR) is 135 cm³/mol. The maximum atomic E-state index is 11.9. The highest BCUT2D eigenvalue weighted by Crippen LogP contribution is 2.31. The van der Waals surface area contributed by atoms with Crippen molar-refractivity contribution in [2.75, 3.05) is 49.4 Å². The van der Waals surface area contributed by atoms with Gasteiger partial charge in [-0.1, -0.05) is 6.92 Å². The number of pyridine rings is 1. The predicted octanol–water partition coefficient (Wildman–Crippen LogP) is 2.97. The summed E-state index contributed by atoms with van der Waals surface area (Å²) in [6, 6.07) is 3.98. The molecule has 1 saturated heterocycles. The van der Waals surface area contributed by atoms with Crippen molar-refractivity contribution < 1.29 is 17.9 Å². The molecule has 1 atom stereocenters. The first kappa shape index (κ1) is 25.1. The van der Waals surface area contributed by atoms with Crippen molar-refractivity contribution >= 4 is 38.2 Å². The number of sulfone groups is 1. The largest absolute Gasteiger partial charge is 0.462 e. The molecule has 0 amide bonds. The lowest BCUT2D eigenvalue weighted by Crippen LogP contribution is -2.37. The van der Waals surface area contributed by atoms with Gasteiger partial charge in [0.2, 0.25) is 0 Å². The Morgan fingerprint density at radius 1 is 1.23 bits per heavy atom. The summed E-state index contributed by atoms with van der Waals surface area (Å²) < 4.78 is 35.9. The molecule has 1 unspecified atom stereocenters. The number of nitrogens with one attached hydrogen (secondary N) is 1. The maximum absolute atomic E-state index is 11.9. The van der Waals surface area contributed by atoms with Crippen molar-refractivity contribution in [3.8, 4) is 6.01 Å². The number of hydrogen-bond acceptors (Lipinski definition) is 10. The molecule has 0 spiro atoms. The Morgan fingerprint density at radius 3 is 2.66 bits per heavy atom. The third-order valence-electron chi connectivity index (χ3n) is 6.33. The summed E-state index contributed by atoms with van der Waals surface area (Å²) in [5, 5.41) is 9.13. The zero-order valence-corrected chi connectivity index (χ0v) is 21.7.